The van der Waals surface area contributed by atoms with Crippen LogP contribution >= 0.6 is 15.9 Å². The Bertz CT molecular complexity index is 598. The number of rotatable bonds is 1. The molecule has 7 heteroatoms. The molecular formula is C9H6BrNO4S. The van der Waals surface area contributed by atoms with Crippen LogP contribution in [-0.2, 0) is 9.84 Å². The predicted molar refractivity (Wildman–Crippen MR) is 62.5 cm³/mol. The lowest BCUT2D eigenvalue weighted by Gasteiger charge is -1.97. The average molecular weight is 304 g/mol. The van der Waals surface area contributed by atoms with E-state index in [2.05, 4.69) is 21.9 Å². The fraction of sp³-hybridized carbons (Fsp3) is 0.111. The summed E-state index contributed by atoms with van der Waals surface area (Å²) in [6.45, 7) is 0. The molecule has 0 saturated heterocycles. The van der Waals surface area contributed by atoms with Crippen molar-refractivity contribution in [3.05, 3.63) is 38.3 Å². The molecule has 0 amide bonds. The van der Waals surface area contributed by atoms with Crippen LogP contribution in [-0.4, -0.2) is 19.6 Å². The first-order valence-electron chi connectivity index (χ1n) is 3.97. The summed E-state index contributed by atoms with van der Waals surface area (Å²) >= 11 is 3.08. The maximum Gasteiger partial charge on any atom is 0.286 e. The lowest BCUT2D eigenvalue weighted by molar-refractivity contribution is -0.385. The van der Waals surface area contributed by atoms with Crippen molar-refractivity contribution in [2.45, 2.75) is 0 Å². The topological polar surface area (TPSA) is 77.3 Å². The van der Waals surface area contributed by atoms with Crippen LogP contribution in [0.15, 0.2) is 22.7 Å². The second-order valence-electron chi connectivity index (χ2n) is 2.89. The van der Waals surface area contributed by atoms with Gasteiger partial charge in [-0.3, -0.25) is 10.1 Å². The summed E-state index contributed by atoms with van der Waals surface area (Å²) in [4.78, 5) is 10.1. The minimum Gasteiger partial charge on any atom is -0.258 e. The first-order chi connectivity index (χ1) is 7.31. The smallest absolute Gasteiger partial charge is 0.258 e. The van der Waals surface area contributed by atoms with Gasteiger partial charge in [0.25, 0.3) is 5.69 Å². The third kappa shape index (κ3) is 3.32. The van der Waals surface area contributed by atoms with Crippen molar-refractivity contribution in [1.29, 1.82) is 0 Å². The van der Waals surface area contributed by atoms with Gasteiger partial charge in [0, 0.05) is 15.8 Å². The van der Waals surface area contributed by atoms with Crippen LogP contribution < -0.4 is 0 Å². The van der Waals surface area contributed by atoms with Gasteiger partial charge >= 0.3 is 0 Å². The molecule has 0 heterocycles. The van der Waals surface area contributed by atoms with Gasteiger partial charge in [0.2, 0.25) is 9.84 Å². The maximum atomic E-state index is 10.8. The van der Waals surface area contributed by atoms with Crippen LogP contribution in [0.25, 0.3) is 0 Å². The molecule has 5 nitrogen and oxygen atoms in total. The van der Waals surface area contributed by atoms with Gasteiger partial charge in [-0.2, -0.15) is 0 Å². The molecule has 0 bridgehead atoms. The number of nitro benzene ring substituents is 1. The number of nitrogens with zero attached hydrogens (tertiary/aromatic N) is 1. The Morgan fingerprint density at radius 2 is 2.06 bits per heavy atom. The SMILES string of the molecule is CS(=O)(=O)C#Cc1c(Br)cccc1[N+](=O)[O-]. The standard InChI is InChI=1S/C9H6BrNO4S/c1-16(14,15)6-5-7-8(10)3-2-4-9(7)11(12)13/h2-4H,1H3. The highest BCUT2D eigenvalue weighted by Gasteiger charge is 2.14. The number of halogens is 1. The van der Waals surface area contributed by atoms with E-state index in [1.807, 2.05) is 5.25 Å². The maximum absolute atomic E-state index is 10.8. The minimum atomic E-state index is -3.49. The summed E-state index contributed by atoms with van der Waals surface area (Å²) in [6, 6.07) is 4.30. The second-order valence-corrected chi connectivity index (χ2v) is 5.49. The molecule has 0 aliphatic rings. The number of sulfone groups is 1. The van der Waals surface area contributed by atoms with Crippen molar-refractivity contribution >= 4 is 31.5 Å². The van der Waals surface area contributed by atoms with Crippen molar-refractivity contribution in [3.8, 4) is 11.2 Å². The Labute approximate surface area is 101 Å². The van der Waals surface area contributed by atoms with E-state index in [1.165, 1.54) is 12.1 Å². The van der Waals surface area contributed by atoms with Gasteiger partial charge in [0.05, 0.1) is 11.2 Å². The molecule has 1 rings (SSSR count). The third-order valence-electron chi connectivity index (χ3n) is 1.55. The Balaban J connectivity index is 3.42. The molecule has 1 aromatic carbocycles. The Morgan fingerprint density at radius 3 is 2.56 bits per heavy atom. The lowest BCUT2D eigenvalue weighted by Crippen LogP contribution is -1.94. The first-order valence-corrected chi connectivity index (χ1v) is 6.65. The second kappa shape index (κ2) is 4.63. The van der Waals surface area contributed by atoms with E-state index in [0.29, 0.717) is 4.47 Å². The third-order valence-corrected chi connectivity index (χ3v) is 2.68. The van der Waals surface area contributed by atoms with Crippen LogP contribution in [0.3, 0.4) is 0 Å². The molecular weight excluding hydrogens is 298 g/mol. The molecule has 0 aliphatic heterocycles. The van der Waals surface area contributed by atoms with Crippen LogP contribution in [0.5, 0.6) is 0 Å². The summed E-state index contributed by atoms with van der Waals surface area (Å²) in [7, 11) is -3.49. The van der Waals surface area contributed by atoms with E-state index < -0.39 is 14.8 Å². The van der Waals surface area contributed by atoms with Crippen molar-refractivity contribution in [3.63, 3.8) is 0 Å². The molecule has 0 atom stereocenters. The van der Waals surface area contributed by atoms with Crippen molar-refractivity contribution in [2.24, 2.45) is 0 Å². The lowest BCUT2D eigenvalue weighted by atomic mass is 10.2. The number of benzene rings is 1. The summed E-state index contributed by atoms with van der Waals surface area (Å²) in [6.07, 6.45) is 0.933. The molecule has 84 valence electrons. The molecule has 0 N–H and O–H groups in total. The largest absolute Gasteiger partial charge is 0.286 e. The van der Waals surface area contributed by atoms with E-state index in [1.54, 1.807) is 6.07 Å². The van der Waals surface area contributed by atoms with Crippen LogP contribution in [0, 0.1) is 21.3 Å². The summed E-state index contributed by atoms with van der Waals surface area (Å²) in [5.74, 6) is 2.28. The Morgan fingerprint density at radius 1 is 1.44 bits per heavy atom. The fourth-order valence-electron chi connectivity index (χ4n) is 0.932. The minimum absolute atomic E-state index is 0.0536. The highest BCUT2D eigenvalue weighted by Crippen LogP contribution is 2.25. The van der Waals surface area contributed by atoms with Crippen LogP contribution in [0.1, 0.15) is 5.56 Å². The van der Waals surface area contributed by atoms with Gasteiger partial charge in [0.15, 0.2) is 0 Å². The Kier molecular flexibility index (Phi) is 3.67. The summed E-state index contributed by atoms with van der Waals surface area (Å²) in [5, 5.41) is 12.6. The van der Waals surface area contributed by atoms with Gasteiger partial charge < -0.3 is 0 Å². The van der Waals surface area contributed by atoms with E-state index in [-0.39, 0.29) is 11.3 Å². The monoisotopic (exact) mass is 303 g/mol. The zero-order valence-electron chi connectivity index (χ0n) is 8.10. The number of hydrogen-bond acceptors (Lipinski definition) is 4. The fourth-order valence-corrected chi connectivity index (χ4v) is 1.67. The highest BCUT2D eigenvalue weighted by molar-refractivity contribution is 9.10. The molecule has 0 aliphatic carbocycles. The van der Waals surface area contributed by atoms with Gasteiger partial charge in [-0.15, -0.1) is 0 Å². The van der Waals surface area contributed by atoms with E-state index in [4.69, 9.17) is 0 Å². The Hall–Kier alpha value is -1.39. The number of hydrogen-bond donors (Lipinski definition) is 0. The summed E-state index contributed by atoms with van der Waals surface area (Å²) < 4.78 is 22.1. The predicted octanol–water partition coefficient (Wildman–Crippen LogP) is 1.71. The molecule has 0 unspecified atom stereocenters. The average Bonchev–Trinajstić information content (AvgIpc) is 2.13. The molecule has 0 aromatic heterocycles. The molecule has 0 fully saturated rings. The van der Waals surface area contributed by atoms with Gasteiger partial charge in [-0.25, -0.2) is 8.42 Å². The van der Waals surface area contributed by atoms with Crippen LogP contribution in [0.4, 0.5) is 5.69 Å². The van der Waals surface area contributed by atoms with E-state index >= 15 is 0 Å². The molecule has 16 heavy (non-hydrogen) atoms. The van der Waals surface area contributed by atoms with Crippen molar-refractivity contribution in [1.82, 2.24) is 0 Å². The van der Waals surface area contributed by atoms with Gasteiger partial charge in [-0.1, -0.05) is 6.07 Å². The highest BCUT2D eigenvalue weighted by atomic mass is 79.9. The molecule has 0 radical (unpaired) electrons. The van der Waals surface area contributed by atoms with E-state index in [0.717, 1.165) is 6.26 Å². The number of nitro groups is 1. The normalized spacial score (nSPS) is 10.4. The van der Waals surface area contributed by atoms with Crippen LogP contribution in [0.2, 0.25) is 0 Å². The van der Waals surface area contributed by atoms with Gasteiger partial charge in [0.1, 0.15) is 5.56 Å². The molecule has 0 spiro atoms. The van der Waals surface area contributed by atoms with E-state index in [9.17, 15) is 18.5 Å². The zero-order valence-corrected chi connectivity index (χ0v) is 10.5. The molecule has 1 aromatic rings. The zero-order chi connectivity index (χ0) is 12.3. The van der Waals surface area contributed by atoms with Crippen molar-refractivity contribution in [2.75, 3.05) is 6.26 Å². The summed E-state index contributed by atoms with van der Waals surface area (Å²) in [5.41, 5.74) is -0.177. The molecule has 0 saturated carbocycles. The first kappa shape index (κ1) is 12.7. The van der Waals surface area contributed by atoms with Gasteiger partial charge in [-0.05, 0) is 27.9 Å². The van der Waals surface area contributed by atoms with Crippen molar-refractivity contribution < 1.29 is 13.3 Å². The quantitative estimate of drug-likeness (QED) is 0.449.